The average molecular weight is 479 g/mol. The van der Waals surface area contributed by atoms with Gasteiger partial charge in [-0.2, -0.15) is 13.2 Å². The SMILES string of the molecule is COc1ccc(S(=O)(=O)Nc2cc(C(F)(F)F)ccc2Cl)cc1C(=O)N1CCOCC1. The zero-order valence-corrected chi connectivity index (χ0v) is 17.8. The van der Waals surface area contributed by atoms with Crippen LogP contribution in [0.2, 0.25) is 5.02 Å². The van der Waals surface area contributed by atoms with Gasteiger partial charge in [0.2, 0.25) is 0 Å². The van der Waals surface area contributed by atoms with E-state index in [1.807, 2.05) is 0 Å². The van der Waals surface area contributed by atoms with E-state index in [1.165, 1.54) is 24.1 Å². The van der Waals surface area contributed by atoms with E-state index in [9.17, 15) is 26.4 Å². The molecule has 168 valence electrons. The number of alkyl halides is 3. The topological polar surface area (TPSA) is 84.9 Å². The minimum absolute atomic E-state index is 0.00224. The second-order valence-electron chi connectivity index (χ2n) is 6.56. The van der Waals surface area contributed by atoms with Crippen LogP contribution in [0, 0.1) is 0 Å². The molecule has 0 spiro atoms. The van der Waals surface area contributed by atoms with Crippen molar-refractivity contribution in [3.63, 3.8) is 0 Å². The standard InChI is InChI=1S/C19H18ClF3N2O5S/c1-29-17-5-3-13(11-14(17)18(26)25-6-8-30-9-7-25)31(27,28)24-16-10-12(19(21,22)23)2-4-15(16)20/h2-5,10-11,24H,6-9H2,1H3. The molecule has 0 unspecified atom stereocenters. The molecule has 1 amide bonds. The number of sulfonamides is 1. The number of methoxy groups -OCH3 is 1. The van der Waals surface area contributed by atoms with Crippen LogP contribution in [0.15, 0.2) is 41.3 Å². The average Bonchev–Trinajstić information content (AvgIpc) is 2.74. The van der Waals surface area contributed by atoms with Gasteiger partial charge in [0.15, 0.2) is 0 Å². The first kappa shape index (κ1) is 23.2. The van der Waals surface area contributed by atoms with Gasteiger partial charge in [-0.3, -0.25) is 9.52 Å². The van der Waals surface area contributed by atoms with Gasteiger partial charge in [0.25, 0.3) is 15.9 Å². The molecule has 0 saturated carbocycles. The van der Waals surface area contributed by atoms with Crippen LogP contribution < -0.4 is 9.46 Å². The molecule has 31 heavy (non-hydrogen) atoms. The molecule has 3 rings (SSSR count). The molecule has 1 aliphatic heterocycles. The molecule has 0 radical (unpaired) electrons. The monoisotopic (exact) mass is 478 g/mol. The van der Waals surface area contributed by atoms with Gasteiger partial charge in [0.1, 0.15) is 5.75 Å². The maximum atomic E-state index is 13.0. The van der Waals surface area contributed by atoms with Gasteiger partial charge in [0, 0.05) is 13.1 Å². The molecule has 2 aromatic rings. The summed E-state index contributed by atoms with van der Waals surface area (Å²) in [6.07, 6.45) is -4.68. The summed E-state index contributed by atoms with van der Waals surface area (Å²) < 4.78 is 77.0. The Morgan fingerprint density at radius 2 is 1.84 bits per heavy atom. The summed E-state index contributed by atoms with van der Waals surface area (Å²) in [6.45, 7) is 1.36. The maximum absolute atomic E-state index is 13.0. The van der Waals surface area contributed by atoms with Gasteiger partial charge in [0.05, 0.1) is 47.1 Å². The van der Waals surface area contributed by atoms with E-state index in [-0.39, 0.29) is 21.2 Å². The number of morpholine rings is 1. The predicted octanol–water partition coefficient (Wildman–Crippen LogP) is 3.64. The zero-order chi connectivity index (χ0) is 22.8. The fourth-order valence-corrected chi connectivity index (χ4v) is 4.26. The van der Waals surface area contributed by atoms with E-state index in [4.69, 9.17) is 21.1 Å². The van der Waals surface area contributed by atoms with E-state index in [0.717, 1.165) is 18.2 Å². The normalized spacial score (nSPS) is 14.9. The Morgan fingerprint density at radius 3 is 2.45 bits per heavy atom. The summed E-state index contributed by atoms with van der Waals surface area (Å²) in [5, 5.41) is -0.213. The molecule has 0 atom stereocenters. The maximum Gasteiger partial charge on any atom is 0.416 e. The van der Waals surface area contributed by atoms with Crippen LogP contribution in [0.1, 0.15) is 15.9 Å². The third-order valence-electron chi connectivity index (χ3n) is 4.55. The fourth-order valence-electron chi connectivity index (χ4n) is 2.94. The molecule has 1 N–H and O–H groups in total. The van der Waals surface area contributed by atoms with E-state index < -0.39 is 33.4 Å². The van der Waals surface area contributed by atoms with Crippen LogP contribution in [0.3, 0.4) is 0 Å². The van der Waals surface area contributed by atoms with E-state index >= 15 is 0 Å². The van der Waals surface area contributed by atoms with Crippen LogP contribution in [-0.4, -0.2) is 52.6 Å². The number of carbonyl (C=O) groups is 1. The Bertz CT molecular complexity index is 1090. The number of amides is 1. The van der Waals surface area contributed by atoms with Crippen molar-refractivity contribution in [3.8, 4) is 5.75 Å². The second kappa shape index (κ2) is 8.93. The highest BCUT2D eigenvalue weighted by molar-refractivity contribution is 7.92. The zero-order valence-electron chi connectivity index (χ0n) is 16.2. The molecule has 0 aromatic heterocycles. The molecule has 1 heterocycles. The number of hydrogen-bond acceptors (Lipinski definition) is 5. The van der Waals surface area contributed by atoms with E-state index in [1.54, 1.807) is 0 Å². The van der Waals surface area contributed by atoms with E-state index in [2.05, 4.69) is 4.72 Å². The van der Waals surface area contributed by atoms with Crippen molar-refractivity contribution in [2.45, 2.75) is 11.1 Å². The van der Waals surface area contributed by atoms with Crippen molar-refractivity contribution in [2.24, 2.45) is 0 Å². The summed E-state index contributed by atoms with van der Waals surface area (Å²) in [5.41, 5.74) is -1.50. The number of nitrogens with zero attached hydrogens (tertiary/aromatic N) is 1. The number of ether oxygens (including phenoxy) is 2. The predicted molar refractivity (Wildman–Crippen MR) is 107 cm³/mol. The Labute approximate surface area is 181 Å². The molecule has 1 aliphatic rings. The largest absolute Gasteiger partial charge is 0.496 e. The number of hydrogen-bond donors (Lipinski definition) is 1. The lowest BCUT2D eigenvalue weighted by molar-refractivity contribution is -0.137. The lowest BCUT2D eigenvalue weighted by atomic mass is 10.1. The molecule has 0 aliphatic carbocycles. The van der Waals surface area contributed by atoms with Gasteiger partial charge >= 0.3 is 6.18 Å². The van der Waals surface area contributed by atoms with Crippen molar-refractivity contribution in [1.82, 2.24) is 4.90 Å². The highest BCUT2D eigenvalue weighted by Crippen LogP contribution is 2.35. The van der Waals surface area contributed by atoms with Gasteiger partial charge in [-0.1, -0.05) is 11.6 Å². The first-order valence-corrected chi connectivity index (χ1v) is 10.8. The minimum Gasteiger partial charge on any atom is -0.496 e. The highest BCUT2D eigenvalue weighted by Gasteiger charge is 2.32. The quantitative estimate of drug-likeness (QED) is 0.709. The van der Waals surface area contributed by atoms with Crippen molar-refractivity contribution in [2.75, 3.05) is 38.1 Å². The minimum atomic E-state index is -4.68. The van der Waals surface area contributed by atoms with Crippen molar-refractivity contribution < 1.29 is 35.9 Å². The van der Waals surface area contributed by atoms with Gasteiger partial charge in [-0.05, 0) is 36.4 Å². The molecule has 2 aromatic carbocycles. The number of carbonyl (C=O) groups excluding carboxylic acids is 1. The molecule has 1 saturated heterocycles. The van der Waals surface area contributed by atoms with Crippen LogP contribution >= 0.6 is 11.6 Å². The van der Waals surface area contributed by atoms with E-state index in [0.29, 0.717) is 32.4 Å². The summed E-state index contributed by atoms with van der Waals surface area (Å²) in [7, 11) is -3.03. The highest BCUT2D eigenvalue weighted by atomic mass is 35.5. The van der Waals surface area contributed by atoms with Crippen LogP contribution in [-0.2, 0) is 20.9 Å². The number of benzene rings is 2. The molecule has 12 heteroatoms. The van der Waals surface area contributed by atoms with Gasteiger partial charge in [-0.25, -0.2) is 8.42 Å². The molecule has 0 bridgehead atoms. The van der Waals surface area contributed by atoms with Crippen molar-refractivity contribution in [1.29, 1.82) is 0 Å². The Hall–Kier alpha value is -2.50. The molecule has 1 fully saturated rings. The molecule has 7 nitrogen and oxygen atoms in total. The summed E-state index contributed by atoms with van der Waals surface area (Å²) >= 11 is 5.88. The Kier molecular flexibility index (Phi) is 6.68. The fraction of sp³-hybridized carbons (Fsp3) is 0.316. The second-order valence-corrected chi connectivity index (χ2v) is 8.65. The molecular formula is C19H18ClF3N2O5S. The Morgan fingerprint density at radius 1 is 1.16 bits per heavy atom. The smallest absolute Gasteiger partial charge is 0.416 e. The number of rotatable bonds is 5. The van der Waals surface area contributed by atoms with Gasteiger partial charge < -0.3 is 14.4 Å². The third kappa shape index (κ3) is 5.23. The number of anilines is 1. The number of halogens is 4. The summed E-state index contributed by atoms with van der Waals surface area (Å²) in [5.74, 6) is -0.290. The lowest BCUT2D eigenvalue weighted by Gasteiger charge is -2.27. The first-order chi connectivity index (χ1) is 14.5. The molecular weight excluding hydrogens is 461 g/mol. The lowest BCUT2D eigenvalue weighted by Crippen LogP contribution is -2.40. The van der Waals surface area contributed by atoms with Gasteiger partial charge in [-0.15, -0.1) is 0 Å². The summed E-state index contributed by atoms with van der Waals surface area (Å²) in [4.78, 5) is 14.0. The van der Waals surface area contributed by atoms with Crippen molar-refractivity contribution >= 4 is 33.2 Å². The van der Waals surface area contributed by atoms with Crippen LogP contribution in [0.4, 0.5) is 18.9 Å². The van der Waals surface area contributed by atoms with Crippen molar-refractivity contribution in [3.05, 3.63) is 52.5 Å². The first-order valence-electron chi connectivity index (χ1n) is 8.97. The van der Waals surface area contributed by atoms with Crippen LogP contribution in [0.5, 0.6) is 5.75 Å². The van der Waals surface area contributed by atoms with Crippen LogP contribution in [0.25, 0.3) is 0 Å². The third-order valence-corrected chi connectivity index (χ3v) is 6.24. The Balaban J connectivity index is 1.96. The number of nitrogens with one attached hydrogen (secondary N) is 1. The summed E-state index contributed by atoms with van der Waals surface area (Å²) in [6, 6.07) is 5.88.